The minimum atomic E-state index is -0.716. The van der Waals surface area contributed by atoms with Crippen LogP contribution < -0.4 is 22.1 Å². The van der Waals surface area contributed by atoms with Crippen molar-refractivity contribution in [3.05, 3.63) is 70.8 Å². The van der Waals surface area contributed by atoms with Crippen LogP contribution in [0.25, 0.3) is 0 Å². The van der Waals surface area contributed by atoms with Crippen molar-refractivity contribution in [1.29, 1.82) is 5.41 Å². The van der Waals surface area contributed by atoms with E-state index in [1.54, 1.807) is 4.90 Å². The van der Waals surface area contributed by atoms with Gasteiger partial charge < -0.3 is 31.9 Å². The summed E-state index contributed by atoms with van der Waals surface area (Å²) in [4.78, 5) is 43.2. The molecule has 1 saturated heterocycles. The Bertz CT molecular complexity index is 1220. The predicted molar refractivity (Wildman–Crippen MR) is 161 cm³/mol. The van der Waals surface area contributed by atoms with Gasteiger partial charge in [-0.05, 0) is 56.7 Å². The highest BCUT2D eigenvalue weighted by Gasteiger charge is 2.39. The summed E-state index contributed by atoms with van der Waals surface area (Å²) in [5.41, 5.74) is 16.2. The van der Waals surface area contributed by atoms with Gasteiger partial charge in [0.15, 0.2) is 5.96 Å². The Kier molecular flexibility index (Phi) is 11.3. The molecule has 1 aliphatic rings. The highest BCUT2D eigenvalue weighted by Crippen LogP contribution is 2.23. The molecule has 0 spiro atoms. The van der Waals surface area contributed by atoms with Crippen LogP contribution in [0.5, 0.6) is 0 Å². The Morgan fingerprint density at radius 3 is 2.37 bits per heavy atom. The molecule has 1 fully saturated rings. The molecule has 0 aromatic heterocycles. The second-order valence-electron chi connectivity index (χ2n) is 11.2. The maximum atomic E-state index is 13.9. The fraction of sp³-hybridized carbons (Fsp3) is 0.484. The number of nitrogens with one attached hydrogen (secondary N) is 3. The average Bonchev–Trinajstić information content (AvgIpc) is 2.92. The van der Waals surface area contributed by atoms with Crippen LogP contribution in [-0.2, 0) is 27.2 Å². The Morgan fingerprint density at radius 2 is 1.73 bits per heavy atom. The molecular formula is C31H45N7O3. The minimum absolute atomic E-state index is 0.110. The van der Waals surface area contributed by atoms with Crippen LogP contribution in [-0.4, -0.2) is 77.3 Å². The second kappa shape index (κ2) is 14.6. The van der Waals surface area contributed by atoms with Crippen molar-refractivity contribution in [3.8, 4) is 0 Å². The third-order valence-electron chi connectivity index (χ3n) is 7.65. The monoisotopic (exact) mass is 563 g/mol. The van der Waals surface area contributed by atoms with Gasteiger partial charge in [0.05, 0.1) is 6.04 Å². The summed E-state index contributed by atoms with van der Waals surface area (Å²) < 4.78 is 0. The van der Waals surface area contributed by atoms with Crippen molar-refractivity contribution in [1.82, 2.24) is 20.4 Å². The molecule has 7 N–H and O–H groups in total. The van der Waals surface area contributed by atoms with E-state index in [0.29, 0.717) is 45.3 Å². The zero-order valence-corrected chi connectivity index (χ0v) is 24.7. The van der Waals surface area contributed by atoms with E-state index in [2.05, 4.69) is 16.7 Å². The van der Waals surface area contributed by atoms with Gasteiger partial charge in [0.25, 0.3) is 0 Å². The summed E-state index contributed by atoms with van der Waals surface area (Å²) in [6.45, 7) is 8.54. The van der Waals surface area contributed by atoms with Gasteiger partial charge >= 0.3 is 0 Å². The molecule has 3 amide bonds. The summed E-state index contributed by atoms with van der Waals surface area (Å²) in [5.74, 6) is -0.697. The van der Waals surface area contributed by atoms with Gasteiger partial charge in [-0.25, -0.2) is 0 Å². The van der Waals surface area contributed by atoms with Crippen molar-refractivity contribution in [2.75, 3.05) is 19.6 Å². The highest BCUT2D eigenvalue weighted by molar-refractivity contribution is 5.88. The summed E-state index contributed by atoms with van der Waals surface area (Å²) in [7, 11) is 0. The number of nitrogens with two attached hydrogens (primary N) is 2. The summed E-state index contributed by atoms with van der Waals surface area (Å²) in [6, 6.07) is 13.8. The van der Waals surface area contributed by atoms with Crippen molar-refractivity contribution < 1.29 is 14.4 Å². The number of piperazine rings is 1. The molecule has 10 nitrogen and oxygen atoms in total. The van der Waals surface area contributed by atoms with E-state index in [1.165, 1.54) is 6.92 Å². The van der Waals surface area contributed by atoms with E-state index >= 15 is 0 Å². The molecule has 222 valence electrons. The van der Waals surface area contributed by atoms with E-state index in [0.717, 1.165) is 22.3 Å². The molecular weight excluding hydrogens is 518 g/mol. The molecule has 4 atom stereocenters. The Morgan fingerprint density at radius 1 is 1.02 bits per heavy atom. The fourth-order valence-electron chi connectivity index (χ4n) is 5.53. The Balaban J connectivity index is 1.79. The smallest absolute Gasteiger partial charge is 0.245 e. The number of carbonyl (C=O) groups is 3. The lowest BCUT2D eigenvalue weighted by molar-refractivity contribution is -0.149. The molecule has 0 unspecified atom stereocenters. The van der Waals surface area contributed by atoms with Gasteiger partial charge in [-0.15, -0.1) is 0 Å². The highest BCUT2D eigenvalue weighted by atomic mass is 16.2. The lowest BCUT2D eigenvalue weighted by atomic mass is 9.96. The Hall–Kier alpha value is -3.92. The molecule has 2 aromatic rings. The van der Waals surface area contributed by atoms with Gasteiger partial charge in [0.2, 0.25) is 17.7 Å². The summed E-state index contributed by atoms with van der Waals surface area (Å²) in [6.07, 6.45) is 2.05. The van der Waals surface area contributed by atoms with Crippen LogP contribution in [0.1, 0.15) is 48.9 Å². The van der Waals surface area contributed by atoms with Crippen LogP contribution in [0.3, 0.4) is 0 Å². The molecule has 0 bridgehead atoms. The first-order valence-corrected chi connectivity index (χ1v) is 14.3. The van der Waals surface area contributed by atoms with E-state index < -0.39 is 12.1 Å². The van der Waals surface area contributed by atoms with Gasteiger partial charge in [0, 0.05) is 45.1 Å². The minimum Gasteiger partial charge on any atom is -0.370 e. The van der Waals surface area contributed by atoms with Crippen molar-refractivity contribution in [2.45, 2.75) is 77.5 Å². The van der Waals surface area contributed by atoms with Gasteiger partial charge in [0.1, 0.15) is 6.04 Å². The molecule has 2 aromatic carbocycles. The molecule has 0 aliphatic carbocycles. The van der Waals surface area contributed by atoms with Crippen molar-refractivity contribution in [2.24, 2.45) is 11.5 Å². The number of hydrogen-bond donors (Lipinski definition) is 5. The third-order valence-corrected chi connectivity index (χ3v) is 7.65. The SMILES string of the molecule is CC(=O)N[C@H](Cc1ccccc1)C(=O)N1C[C@H](CCCNC(=N)N)N(C(=O)[C@H](N)Cc2ccc(C)cc2C)C[C@H]1C. The number of hydrogen-bond acceptors (Lipinski definition) is 5. The number of amides is 3. The fourth-order valence-corrected chi connectivity index (χ4v) is 5.53. The molecule has 41 heavy (non-hydrogen) atoms. The molecule has 1 heterocycles. The van der Waals surface area contributed by atoms with Gasteiger partial charge in [-0.1, -0.05) is 54.1 Å². The van der Waals surface area contributed by atoms with Crippen LogP contribution in [0, 0.1) is 19.3 Å². The van der Waals surface area contributed by atoms with E-state index in [1.807, 2.05) is 68.1 Å². The standard InChI is InChI=1S/C31H45N7O3/c1-20-12-13-25(21(2)15-20)17-27(32)29(40)38-18-22(3)37(19-26(38)11-8-14-35-31(33)34)30(41)28(36-23(4)39)16-24-9-6-5-7-10-24/h5-7,9-10,12-13,15,22,26-28H,8,11,14,16-19,32H2,1-4H3,(H,36,39)(H4,33,34,35)/t22-,26+,27-,28-/m1/s1. The lowest BCUT2D eigenvalue weighted by Gasteiger charge is -2.47. The maximum Gasteiger partial charge on any atom is 0.245 e. The number of carbonyl (C=O) groups excluding carboxylic acids is 3. The van der Waals surface area contributed by atoms with E-state index in [4.69, 9.17) is 16.9 Å². The van der Waals surface area contributed by atoms with Crippen LogP contribution in [0.2, 0.25) is 0 Å². The summed E-state index contributed by atoms with van der Waals surface area (Å²) in [5, 5.41) is 13.1. The quantitative estimate of drug-likeness (QED) is 0.159. The van der Waals surface area contributed by atoms with Crippen molar-refractivity contribution >= 4 is 23.7 Å². The first kappa shape index (κ1) is 31.6. The Labute approximate surface area is 243 Å². The predicted octanol–water partition coefficient (Wildman–Crippen LogP) is 1.61. The molecule has 0 radical (unpaired) electrons. The zero-order chi connectivity index (χ0) is 30.1. The molecule has 0 saturated carbocycles. The van der Waals surface area contributed by atoms with Crippen molar-refractivity contribution in [3.63, 3.8) is 0 Å². The van der Waals surface area contributed by atoms with Gasteiger partial charge in [-0.3, -0.25) is 19.8 Å². The average molecular weight is 564 g/mol. The third kappa shape index (κ3) is 9.04. The normalized spacial score (nSPS) is 18.4. The van der Waals surface area contributed by atoms with Crippen LogP contribution in [0.15, 0.2) is 48.5 Å². The number of nitrogens with zero attached hydrogens (tertiary/aromatic N) is 2. The maximum absolute atomic E-state index is 13.9. The van der Waals surface area contributed by atoms with Gasteiger partial charge in [-0.2, -0.15) is 0 Å². The molecule has 3 rings (SSSR count). The first-order valence-electron chi connectivity index (χ1n) is 14.3. The largest absolute Gasteiger partial charge is 0.370 e. The molecule has 1 aliphatic heterocycles. The lowest BCUT2D eigenvalue weighted by Crippen LogP contribution is -2.65. The number of aryl methyl sites for hydroxylation is 2. The van der Waals surface area contributed by atoms with Crippen LogP contribution >= 0.6 is 0 Å². The van der Waals surface area contributed by atoms with E-state index in [-0.39, 0.29) is 35.8 Å². The van der Waals surface area contributed by atoms with Crippen LogP contribution in [0.4, 0.5) is 0 Å². The van der Waals surface area contributed by atoms with E-state index in [9.17, 15) is 14.4 Å². The first-order chi connectivity index (χ1) is 19.5. The number of benzene rings is 2. The molecule has 10 heteroatoms. The topological polar surface area (TPSA) is 158 Å². The second-order valence-corrected chi connectivity index (χ2v) is 11.2. The number of rotatable bonds is 11. The summed E-state index contributed by atoms with van der Waals surface area (Å²) >= 11 is 0. The number of guanidine groups is 1. The zero-order valence-electron chi connectivity index (χ0n) is 24.7.